The van der Waals surface area contributed by atoms with Crippen LogP contribution >= 0.6 is 0 Å². The van der Waals surface area contributed by atoms with Crippen LogP contribution in [-0.2, 0) is 29.4 Å². The number of nitrogens with zero attached hydrogens (tertiary/aromatic N) is 3. The summed E-state index contributed by atoms with van der Waals surface area (Å²) in [6.07, 6.45) is 5.46. The van der Waals surface area contributed by atoms with Crippen molar-refractivity contribution in [3.05, 3.63) is 45.2 Å². The van der Waals surface area contributed by atoms with Crippen molar-refractivity contribution in [1.82, 2.24) is 14.1 Å². The molecule has 7 heteroatoms. The molecule has 2 heterocycles. The first kappa shape index (κ1) is 19.3. The SMILES string of the molecule is CCn1nc(-c2ccc(C)c(S(=O)(=O)N3CCCC3)c2)c2c(c1=O)CCCC2. The van der Waals surface area contributed by atoms with Crippen molar-refractivity contribution >= 4 is 10.0 Å². The Morgan fingerprint density at radius 1 is 1.04 bits per heavy atom. The molecule has 1 aromatic heterocycles. The molecule has 2 aromatic rings. The van der Waals surface area contributed by atoms with Gasteiger partial charge in [0.1, 0.15) is 0 Å². The van der Waals surface area contributed by atoms with Gasteiger partial charge in [-0.3, -0.25) is 4.79 Å². The highest BCUT2D eigenvalue weighted by Gasteiger charge is 2.29. The van der Waals surface area contributed by atoms with Gasteiger partial charge in [0.2, 0.25) is 10.0 Å². The summed E-state index contributed by atoms with van der Waals surface area (Å²) in [6, 6.07) is 5.54. The van der Waals surface area contributed by atoms with E-state index in [1.165, 1.54) is 4.68 Å². The van der Waals surface area contributed by atoms with Crippen LogP contribution in [0.3, 0.4) is 0 Å². The standard InChI is InChI=1S/C21H27N3O3S/c1-3-24-21(25)18-9-5-4-8-17(18)20(22-24)16-11-10-15(2)19(14-16)28(26,27)23-12-6-7-13-23/h10-11,14H,3-9,12-13H2,1-2H3. The fourth-order valence-electron chi connectivity index (χ4n) is 4.32. The second kappa shape index (κ2) is 7.44. The van der Waals surface area contributed by atoms with Gasteiger partial charge < -0.3 is 0 Å². The molecule has 0 N–H and O–H groups in total. The number of rotatable bonds is 4. The molecule has 0 bridgehead atoms. The highest BCUT2D eigenvalue weighted by atomic mass is 32.2. The van der Waals surface area contributed by atoms with E-state index in [4.69, 9.17) is 0 Å². The second-order valence-corrected chi connectivity index (χ2v) is 9.63. The van der Waals surface area contributed by atoms with Crippen molar-refractivity contribution < 1.29 is 8.42 Å². The minimum absolute atomic E-state index is 0.00188. The van der Waals surface area contributed by atoms with Gasteiger partial charge in [-0.2, -0.15) is 9.40 Å². The highest BCUT2D eigenvalue weighted by molar-refractivity contribution is 7.89. The average Bonchev–Trinajstić information content (AvgIpc) is 3.25. The molecule has 4 rings (SSSR count). The van der Waals surface area contributed by atoms with Gasteiger partial charge in [0.15, 0.2) is 0 Å². The summed E-state index contributed by atoms with van der Waals surface area (Å²) in [7, 11) is -3.51. The van der Waals surface area contributed by atoms with E-state index in [9.17, 15) is 13.2 Å². The molecule has 1 saturated heterocycles. The van der Waals surface area contributed by atoms with Gasteiger partial charge in [0.05, 0.1) is 10.6 Å². The predicted octanol–water partition coefficient (Wildman–Crippen LogP) is 2.90. The zero-order valence-corrected chi connectivity index (χ0v) is 17.4. The normalized spacial score (nSPS) is 17.6. The summed E-state index contributed by atoms with van der Waals surface area (Å²) in [5, 5.41) is 4.62. The Morgan fingerprint density at radius 3 is 2.39 bits per heavy atom. The average molecular weight is 402 g/mol. The van der Waals surface area contributed by atoms with E-state index in [1.807, 2.05) is 26.0 Å². The van der Waals surface area contributed by atoms with Crippen molar-refractivity contribution in [2.24, 2.45) is 0 Å². The molecule has 0 spiro atoms. The lowest BCUT2D eigenvalue weighted by Gasteiger charge is -2.21. The van der Waals surface area contributed by atoms with Crippen LogP contribution in [0.25, 0.3) is 11.3 Å². The molecule has 150 valence electrons. The van der Waals surface area contributed by atoms with Gasteiger partial charge in [-0.1, -0.05) is 12.1 Å². The van der Waals surface area contributed by atoms with Gasteiger partial charge in [-0.05, 0) is 69.6 Å². The molecule has 0 amide bonds. The minimum Gasteiger partial charge on any atom is -0.267 e. The zero-order valence-electron chi connectivity index (χ0n) is 16.6. The Hall–Kier alpha value is -1.99. The van der Waals surface area contributed by atoms with E-state index in [1.54, 1.807) is 10.4 Å². The fourth-order valence-corrected chi connectivity index (χ4v) is 6.09. The third kappa shape index (κ3) is 3.20. The van der Waals surface area contributed by atoms with Gasteiger partial charge >= 0.3 is 0 Å². The van der Waals surface area contributed by atoms with E-state index in [2.05, 4.69) is 5.10 Å². The quantitative estimate of drug-likeness (QED) is 0.790. The van der Waals surface area contributed by atoms with Crippen molar-refractivity contribution in [2.75, 3.05) is 13.1 Å². The molecule has 1 aliphatic carbocycles. The maximum Gasteiger partial charge on any atom is 0.270 e. The molecule has 0 unspecified atom stereocenters. The first-order chi connectivity index (χ1) is 13.4. The van der Waals surface area contributed by atoms with E-state index in [0.29, 0.717) is 24.5 Å². The lowest BCUT2D eigenvalue weighted by atomic mass is 9.89. The number of aromatic nitrogens is 2. The van der Waals surface area contributed by atoms with Gasteiger partial charge in [-0.25, -0.2) is 13.1 Å². The number of sulfonamides is 1. The lowest BCUT2D eigenvalue weighted by molar-refractivity contribution is 0.477. The Bertz CT molecular complexity index is 1070. The van der Waals surface area contributed by atoms with Crippen molar-refractivity contribution in [3.8, 4) is 11.3 Å². The molecule has 6 nitrogen and oxygen atoms in total. The van der Waals surface area contributed by atoms with Gasteiger partial charge in [-0.15, -0.1) is 0 Å². The Balaban J connectivity index is 1.88. The van der Waals surface area contributed by atoms with Crippen LogP contribution in [0, 0.1) is 6.92 Å². The predicted molar refractivity (Wildman–Crippen MR) is 109 cm³/mol. The maximum atomic E-state index is 13.2. The molecule has 0 saturated carbocycles. The molecule has 1 aliphatic heterocycles. The van der Waals surface area contributed by atoms with Gasteiger partial charge in [0, 0.05) is 30.8 Å². The summed E-state index contributed by atoms with van der Waals surface area (Å²) in [5.74, 6) is 0. The van der Waals surface area contributed by atoms with Crippen LogP contribution in [0.5, 0.6) is 0 Å². The second-order valence-electron chi connectivity index (χ2n) is 7.73. The van der Waals surface area contributed by atoms with Gasteiger partial charge in [0.25, 0.3) is 5.56 Å². The van der Waals surface area contributed by atoms with Crippen LogP contribution in [0.15, 0.2) is 27.9 Å². The smallest absolute Gasteiger partial charge is 0.267 e. The Kier molecular flexibility index (Phi) is 5.14. The topological polar surface area (TPSA) is 72.3 Å². The van der Waals surface area contributed by atoms with E-state index < -0.39 is 10.0 Å². The van der Waals surface area contributed by atoms with Crippen molar-refractivity contribution in [2.45, 2.75) is 63.8 Å². The van der Waals surface area contributed by atoms with Crippen molar-refractivity contribution in [1.29, 1.82) is 0 Å². The first-order valence-electron chi connectivity index (χ1n) is 10.2. The molecule has 1 aromatic carbocycles. The van der Waals surface area contributed by atoms with E-state index >= 15 is 0 Å². The molecule has 0 radical (unpaired) electrons. The summed E-state index contributed by atoms with van der Waals surface area (Å²) >= 11 is 0. The number of hydrogen-bond acceptors (Lipinski definition) is 4. The molecule has 28 heavy (non-hydrogen) atoms. The van der Waals surface area contributed by atoms with Crippen LogP contribution in [0.1, 0.15) is 49.3 Å². The fraction of sp³-hybridized carbons (Fsp3) is 0.524. The van der Waals surface area contributed by atoms with Crippen molar-refractivity contribution in [3.63, 3.8) is 0 Å². The van der Waals surface area contributed by atoms with E-state index in [0.717, 1.165) is 66.5 Å². The Labute approximate surface area is 166 Å². The third-order valence-electron chi connectivity index (χ3n) is 5.91. The number of benzene rings is 1. The van der Waals surface area contributed by atoms with Crippen LogP contribution in [0.4, 0.5) is 0 Å². The highest BCUT2D eigenvalue weighted by Crippen LogP contribution is 2.32. The third-order valence-corrected chi connectivity index (χ3v) is 7.95. The van der Waals surface area contributed by atoms with Crippen LogP contribution in [0.2, 0.25) is 0 Å². The minimum atomic E-state index is -3.51. The molecule has 1 fully saturated rings. The molecule has 2 aliphatic rings. The number of hydrogen-bond donors (Lipinski definition) is 0. The summed E-state index contributed by atoms with van der Waals surface area (Å²) in [6.45, 7) is 5.42. The number of fused-ring (bicyclic) bond motifs is 1. The number of aryl methyl sites for hydroxylation is 2. The molecular weight excluding hydrogens is 374 g/mol. The summed E-state index contributed by atoms with van der Waals surface area (Å²) in [5.41, 5.74) is 4.13. The lowest BCUT2D eigenvalue weighted by Crippen LogP contribution is -2.30. The maximum absolute atomic E-state index is 13.2. The van der Waals surface area contributed by atoms with Crippen LogP contribution in [-0.4, -0.2) is 35.6 Å². The van der Waals surface area contributed by atoms with Crippen LogP contribution < -0.4 is 5.56 Å². The van der Waals surface area contributed by atoms with E-state index in [-0.39, 0.29) is 5.56 Å². The molecule has 0 atom stereocenters. The molecular formula is C21H27N3O3S. The summed E-state index contributed by atoms with van der Waals surface area (Å²) < 4.78 is 29.4. The first-order valence-corrected chi connectivity index (χ1v) is 11.6. The Morgan fingerprint density at radius 2 is 1.71 bits per heavy atom. The summed E-state index contributed by atoms with van der Waals surface area (Å²) in [4.78, 5) is 13.0. The largest absolute Gasteiger partial charge is 0.270 e. The monoisotopic (exact) mass is 401 g/mol. The zero-order chi connectivity index (χ0) is 19.9.